The summed E-state index contributed by atoms with van der Waals surface area (Å²) in [6.07, 6.45) is -0.0941. The number of nitrogens with two attached hydrogens (primary N) is 1. The van der Waals surface area contributed by atoms with Crippen molar-refractivity contribution >= 4 is 35.0 Å². The van der Waals surface area contributed by atoms with Crippen LogP contribution in [0.25, 0.3) is 0 Å². The van der Waals surface area contributed by atoms with Crippen molar-refractivity contribution < 1.29 is 23.9 Å². The number of carbonyl (C=O) groups is 4. The first-order valence-electron chi connectivity index (χ1n) is 7.63. The highest BCUT2D eigenvalue weighted by molar-refractivity contribution is 6.35. The number of hydrogen-bond donors (Lipinski definition) is 4. The van der Waals surface area contributed by atoms with Crippen LogP contribution in [0.15, 0.2) is 29.4 Å². The number of carbonyl (C=O) groups excluding carboxylic acids is 4. The Balaban J connectivity index is 2.45. The zero-order chi connectivity index (χ0) is 19.5. The predicted molar refractivity (Wildman–Crippen MR) is 94.3 cm³/mol. The number of methoxy groups -OCH3 is 1. The van der Waals surface area contributed by atoms with Crippen LogP contribution in [-0.4, -0.2) is 49.6 Å². The van der Waals surface area contributed by atoms with E-state index in [0.29, 0.717) is 17.0 Å². The van der Waals surface area contributed by atoms with Crippen LogP contribution in [0.4, 0.5) is 5.69 Å². The Morgan fingerprint density at radius 1 is 1.12 bits per heavy atom. The molecule has 0 aliphatic heterocycles. The molecule has 0 spiro atoms. The van der Waals surface area contributed by atoms with Gasteiger partial charge in [-0.05, 0) is 31.2 Å². The number of nitrogens with zero attached hydrogens (tertiary/aromatic N) is 1. The molecule has 140 valence electrons. The number of rotatable bonds is 8. The van der Waals surface area contributed by atoms with Gasteiger partial charge < -0.3 is 21.1 Å². The number of hydrogen-bond acceptors (Lipinski definition) is 6. The summed E-state index contributed by atoms with van der Waals surface area (Å²) in [5, 5.41) is 8.64. The number of benzene rings is 1. The van der Waals surface area contributed by atoms with E-state index in [-0.39, 0.29) is 25.5 Å². The lowest BCUT2D eigenvalue weighted by atomic mass is 10.2. The zero-order valence-corrected chi connectivity index (χ0v) is 14.5. The van der Waals surface area contributed by atoms with Gasteiger partial charge >= 0.3 is 11.8 Å². The van der Waals surface area contributed by atoms with Gasteiger partial charge in [0.2, 0.25) is 11.8 Å². The van der Waals surface area contributed by atoms with Gasteiger partial charge in [0, 0.05) is 30.6 Å². The lowest BCUT2D eigenvalue weighted by molar-refractivity contribution is -0.139. The average Bonchev–Trinajstić information content (AvgIpc) is 2.60. The molecule has 0 radical (unpaired) electrons. The Morgan fingerprint density at radius 2 is 1.77 bits per heavy atom. The second-order valence-corrected chi connectivity index (χ2v) is 5.20. The number of hydrazone groups is 1. The lowest BCUT2D eigenvalue weighted by Gasteiger charge is -2.06. The van der Waals surface area contributed by atoms with Crippen LogP contribution < -0.4 is 21.8 Å². The van der Waals surface area contributed by atoms with Crippen LogP contribution in [0.1, 0.15) is 23.7 Å². The van der Waals surface area contributed by atoms with Crippen LogP contribution in [0.5, 0.6) is 0 Å². The molecule has 0 aromatic heterocycles. The Bertz CT molecular complexity index is 699. The van der Waals surface area contributed by atoms with E-state index in [4.69, 9.17) is 10.5 Å². The molecule has 26 heavy (non-hydrogen) atoms. The summed E-state index contributed by atoms with van der Waals surface area (Å²) in [5.74, 6) is -2.73. The van der Waals surface area contributed by atoms with Crippen molar-refractivity contribution in [2.24, 2.45) is 10.8 Å². The van der Waals surface area contributed by atoms with Gasteiger partial charge in [-0.3, -0.25) is 19.2 Å². The minimum Gasteiger partial charge on any atom is -0.383 e. The molecule has 4 amide bonds. The average molecular weight is 363 g/mol. The predicted octanol–water partition coefficient (Wildman–Crippen LogP) is -0.631. The van der Waals surface area contributed by atoms with E-state index in [0.717, 1.165) is 0 Å². The fourth-order valence-corrected chi connectivity index (χ4v) is 1.74. The molecule has 10 nitrogen and oxygen atoms in total. The molecule has 1 rings (SSSR count). The van der Waals surface area contributed by atoms with Crippen molar-refractivity contribution in [3.8, 4) is 0 Å². The highest BCUT2D eigenvalue weighted by atomic mass is 16.5. The Labute approximate surface area is 150 Å². The minimum absolute atomic E-state index is 0.0941. The fraction of sp³-hybridized carbons (Fsp3) is 0.312. The molecule has 0 atom stereocenters. The van der Waals surface area contributed by atoms with Gasteiger partial charge in [0.25, 0.3) is 0 Å². The second kappa shape index (κ2) is 10.6. The van der Waals surface area contributed by atoms with Gasteiger partial charge in [0.15, 0.2) is 0 Å². The summed E-state index contributed by atoms with van der Waals surface area (Å²) in [7, 11) is 1.47. The summed E-state index contributed by atoms with van der Waals surface area (Å²) in [6, 6.07) is 6.05. The van der Waals surface area contributed by atoms with E-state index in [1.807, 2.05) is 0 Å². The summed E-state index contributed by atoms with van der Waals surface area (Å²) >= 11 is 0. The lowest BCUT2D eigenvalue weighted by Crippen LogP contribution is -2.39. The van der Waals surface area contributed by atoms with E-state index in [1.165, 1.54) is 38.3 Å². The highest BCUT2D eigenvalue weighted by Crippen LogP contribution is 2.09. The molecule has 0 aliphatic carbocycles. The number of amides is 4. The second-order valence-electron chi connectivity index (χ2n) is 5.20. The van der Waals surface area contributed by atoms with Crippen LogP contribution in [-0.2, 0) is 19.1 Å². The van der Waals surface area contributed by atoms with Gasteiger partial charge in [-0.2, -0.15) is 5.10 Å². The molecule has 0 saturated carbocycles. The van der Waals surface area contributed by atoms with E-state index in [1.54, 1.807) is 0 Å². The third kappa shape index (κ3) is 7.53. The van der Waals surface area contributed by atoms with Crippen molar-refractivity contribution in [3.63, 3.8) is 0 Å². The molecule has 1 aromatic carbocycles. The molecule has 1 aromatic rings. The molecule has 0 saturated heterocycles. The molecule has 0 heterocycles. The van der Waals surface area contributed by atoms with Crippen molar-refractivity contribution in [1.82, 2.24) is 10.7 Å². The van der Waals surface area contributed by atoms with E-state index in [9.17, 15) is 19.2 Å². The monoisotopic (exact) mass is 363 g/mol. The van der Waals surface area contributed by atoms with Crippen LogP contribution in [0, 0.1) is 0 Å². The normalized spacial score (nSPS) is 10.8. The highest BCUT2D eigenvalue weighted by Gasteiger charge is 2.12. The fourth-order valence-electron chi connectivity index (χ4n) is 1.74. The minimum atomic E-state index is -0.942. The standard InChI is InChI=1S/C16H21N5O5/c1-10(20-21-16(25)15(24)18-7-8-26-2)9-13(22)19-12-5-3-11(4-6-12)14(17)23/h3-6H,7-9H2,1-2H3,(H2,17,23)(H,18,24)(H,19,22)(H,21,25)/b20-10+. The summed E-state index contributed by atoms with van der Waals surface area (Å²) in [5.41, 5.74) is 8.30. The van der Waals surface area contributed by atoms with Crippen LogP contribution >= 0.6 is 0 Å². The van der Waals surface area contributed by atoms with Gasteiger partial charge in [0.05, 0.1) is 13.0 Å². The Kier molecular flexibility index (Phi) is 8.44. The molecular formula is C16H21N5O5. The molecule has 0 unspecified atom stereocenters. The van der Waals surface area contributed by atoms with Gasteiger partial charge in [-0.1, -0.05) is 0 Å². The number of primary amides is 1. The van der Waals surface area contributed by atoms with E-state index >= 15 is 0 Å². The van der Waals surface area contributed by atoms with Crippen LogP contribution in [0.3, 0.4) is 0 Å². The SMILES string of the molecule is COCCNC(=O)C(=O)N/N=C(\C)CC(=O)Nc1ccc(C(N)=O)cc1. The van der Waals surface area contributed by atoms with Crippen molar-refractivity contribution in [1.29, 1.82) is 0 Å². The number of nitrogens with one attached hydrogen (secondary N) is 3. The summed E-state index contributed by atoms with van der Waals surface area (Å²) in [4.78, 5) is 45.8. The first-order chi connectivity index (χ1) is 12.3. The van der Waals surface area contributed by atoms with Gasteiger partial charge in [0.1, 0.15) is 0 Å². The summed E-state index contributed by atoms with van der Waals surface area (Å²) < 4.78 is 4.74. The summed E-state index contributed by atoms with van der Waals surface area (Å²) in [6.45, 7) is 2.00. The topological polar surface area (TPSA) is 152 Å². The maximum Gasteiger partial charge on any atom is 0.329 e. The maximum absolute atomic E-state index is 11.9. The van der Waals surface area contributed by atoms with Gasteiger partial charge in [-0.25, -0.2) is 5.43 Å². The smallest absolute Gasteiger partial charge is 0.329 e. The largest absolute Gasteiger partial charge is 0.383 e. The van der Waals surface area contributed by atoms with E-state index < -0.39 is 17.7 Å². The molecule has 0 fully saturated rings. The van der Waals surface area contributed by atoms with Crippen molar-refractivity contribution in [2.45, 2.75) is 13.3 Å². The Morgan fingerprint density at radius 3 is 2.35 bits per heavy atom. The Hall–Kier alpha value is -3.27. The molecule has 0 bridgehead atoms. The third-order valence-corrected chi connectivity index (χ3v) is 3.02. The molecule has 0 aliphatic rings. The third-order valence-electron chi connectivity index (χ3n) is 3.02. The van der Waals surface area contributed by atoms with Crippen molar-refractivity contribution in [3.05, 3.63) is 29.8 Å². The van der Waals surface area contributed by atoms with E-state index in [2.05, 4.69) is 21.2 Å². The van der Waals surface area contributed by atoms with Crippen molar-refractivity contribution in [2.75, 3.05) is 25.6 Å². The number of ether oxygens (including phenoxy) is 1. The van der Waals surface area contributed by atoms with Gasteiger partial charge in [-0.15, -0.1) is 0 Å². The molecule has 10 heteroatoms. The molecule has 5 N–H and O–H groups in total. The van der Waals surface area contributed by atoms with Crippen LogP contribution in [0.2, 0.25) is 0 Å². The first-order valence-corrected chi connectivity index (χ1v) is 7.63. The maximum atomic E-state index is 11.9. The first kappa shape index (κ1) is 20.8. The number of anilines is 1. The zero-order valence-electron chi connectivity index (χ0n) is 14.5. The quantitative estimate of drug-likeness (QED) is 0.210. The molecular weight excluding hydrogens is 342 g/mol.